The molecule has 1 atom stereocenters. The van der Waals surface area contributed by atoms with E-state index in [1.54, 1.807) is 33.0 Å². The van der Waals surface area contributed by atoms with Gasteiger partial charge in [0, 0.05) is 24.7 Å². The van der Waals surface area contributed by atoms with Crippen molar-refractivity contribution in [2.45, 2.75) is 26.5 Å². The molecule has 0 unspecified atom stereocenters. The number of carbonyl (C=O) groups excluding carboxylic acids is 1. The number of halogens is 2. The van der Waals surface area contributed by atoms with Crippen molar-refractivity contribution in [3.8, 4) is 11.5 Å². The number of nitrogens with zero attached hydrogens (tertiary/aromatic N) is 2. The van der Waals surface area contributed by atoms with Gasteiger partial charge in [-0.1, -0.05) is 12.1 Å². The van der Waals surface area contributed by atoms with Crippen molar-refractivity contribution in [1.29, 1.82) is 0 Å². The lowest BCUT2D eigenvalue weighted by molar-refractivity contribution is -0.384. The van der Waals surface area contributed by atoms with Crippen molar-refractivity contribution in [2.24, 2.45) is 0 Å². The highest BCUT2D eigenvalue weighted by Crippen LogP contribution is 2.31. The number of ether oxygens (including phenoxy) is 2. The molecule has 150 valence electrons. The highest BCUT2D eigenvalue weighted by atomic mass is 19.3. The molecular formula is C19H20F2N2O5. The third-order valence-electron chi connectivity index (χ3n) is 4.17. The number of rotatable bonds is 8. The van der Waals surface area contributed by atoms with Gasteiger partial charge in [-0.15, -0.1) is 0 Å². The molecule has 0 saturated heterocycles. The molecular weight excluding hydrogens is 374 g/mol. The van der Waals surface area contributed by atoms with Gasteiger partial charge in [0.1, 0.15) is 0 Å². The molecule has 28 heavy (non-hydrogen) atoms. The largest absolute Gasteiger partial charge is 0.490 e. The lowest BCUT2D eigenvalue weighted by Crippen LogP contribution is -2.29. The van der Waals surface area contributed by atoms with E-state index in [2.05, 4.69) is 4.74 Å². The van der Waals surface area contributed by atoms with E-state index >= 15 is 0 Å². The topological polar surface area (TPSA) is 81.9 Å². The van der Waals surface area contributed by atoms with E-state index in [0.717, 1.165) is 0 Å². The van der Waals surface area contributed by atoms with E-state index in [1.165, 1.54) is 35.2 Å². The summed E-state index contributed by atoms with van der Waals surface area (Å²) in [5, 5.41) is 11.0. The predicted octanol–water partition coefficient (Wildman–Crippen LogP) is 4.43. The van der Waals surface area contributed by atoms with Crippen LogP contribution < -0.4 is 9.47 Å². The van der Waals surface area contributed by atoms with E-state index in [0.29, 0.717) is 5.56 Å². The van der Waals surface area contributed by atoms with Crippen LogP contribution in [0, 0.1) is 10.1 Å². The quantitative estimate of drug-likeness (QED) is 0.489. The van der Waals surface area contributed by atoms with Crippen LogP contribution in [0.3, 0.4) is 0 Å². The second-order valence-electron chi connectivity index (χ2n) is 5.92. The smallest absolute Gasteiger partial charge is 0.387 e. The molecule has 2 aromatic rings. The van der Waals surface area contributed by atoms with Gasteiger partial charge in [-0.3, -0.25) is 14.9 Å². The number of hydrogen-bond acceptors (Lipinski definition) is 5. The average Bonchev–Trinajstić information content (AvgIpc) is 2.67. The monoisotopic (exact) mass is 394 g/mol. The molecule has 0 radical (unpaired) electrons. The molecule has 0 fully saturated rings. The second-order valence-corrected chi connectivity index (χ2v) is 5.92. The summed E-state index contributed by atoms with van der Waals surface area (Å²) in [5.74, 6) is -0.531. The van der Waals surface area contributed by atoms with Gasteiger partial charge in [-0.2, -0.15) is 8.78 Å². The summed E-state index contributed by atoms with van der Waals surface area (Å²) < 4.78 is 34.7. The molecule has 2 aromatic carbocycles. The molecule has 0 aliphatic rings. The number of benzene rings is 2. The average molecular weight is 394 g/mol. The fraction of sp³-hybridized carbons (Fsp3) is 0.316. The minimum absolute atomic E-state index is 0.0325. The van der Waals surface area contributed by atoms with Crippen LogP contribution in [-0.4, -0.2) is 36.0 Å². The van der Waals surface area contributed by atoms with Gasteiger partial charge in [0.15, 0.2) is 11.5 Å². The zero-order valence-electron chi connectivity index (χ0n) is 15.6. The van der Waals surface area contributed by atoms with Crippen LogP contribution in [0.4, 0.5) is 14.5 Å². The van der Waals surface area contributed by atoms with Crippen molar-refractivity contribution in [3.05, 3.63) is 63.7 Å². The molecule has 0 aromatic heterocycles. The van der Waals surface area contributed by atoms with Crippen LogP contribution in [-0.2, 0) is 0 Å². The van der Waals surface area contributed by atoms with Crippen molar-refractivity contribution in [2.75, 3.05) is 13.7 Å². The van der Waals surface area contributed by atoms with Crippen LogP contribution in [0.5, 0.6) is 11.5 Å². The Kier molecular flexibility index (Phi) is 6.86. The summed E-state index contributed by atoms with van der Waals surface area (Å²) in [6.07, 6.45) is 0. The third kappa shape index (κ3) is 4.93. The van der Waals surface area contributed by atoms with Gasteiger partial charge < -0.3 is 14.4 Å². The molecule has 1 amide bonds. The number of non-ortho nitro benzene ring substituents is 1. The Morgan fingerprint density at radius 2 is 1.93 bits per heavy atom. The maximum atomic E-state index is 12.8. The Labute approximate surface area is 160 Å². The summed E-state index contributed by atoms with van der Waals surface area (Å²) in [6, 6.07) is 9.49. The van der Waals surface area contributed by atoms with E-state index in [-0.39, 0.29) is 29.4 Å². The number of carbonyl (C=O) groups is 1. The molecule has 0 heterocycles. The van der Waals surface area contributed by atoms with Gasteiger partial charge in [-0.25, -0.2) is 0 Å². The number of hydrogen-bond donors (Lipinski definition) is 0. The first-order valence-corrected chi connectivity index (χ1v) is 8.47. The molecule has 0 spiro atoms. The summed E-state index contributed by atoms with van der Waals surface area (Å²) in [4.78, 5) is 24.7. The lowest BCUT2D eigenvalue weighted by Gasteiger charge is -2.25. The summed E-state index contributed by atoms with van der Waals surface area (Å²) in [6.45, 7) is 0.598. The fourth-order valence-corrected chi connectivity index (χ4v) is 2.60. The fourth-order valence-electron chi connectivity index (χ4n) is 2.60. The predicted molar refractivity (Wildman–Crippen MR) is 97.8 cm³/mol. The van der Waals surface area contributed by atoms with Crippen LogP contribution in [0.2, 0.25) is 0 Å². The molecule has 7 nitrogen and oxygen atoms in total. The van der Waals surface area contributed by atoms with Crippen LogP contribution in [0.1, 0.15) is 35.8 Å². The number of amides is 1. The van der Waals surface area contributed by atoms with E-state index in [4.69, 9.17) is 4.74 Å². The maximum absolute atomic E-state index is 12.8. The highest BCUT2D eigenvalue weighted by Gasteiger charge is 2.22. The first-order chi connectivity index (χ1) is 13.2. The van der Waals surface area contributed by atoms with Crippen LogP contribution >= 0.6 is 0 Å². The van der Waals surface area contributed by atoms with E-state index < -0.39 is 23.5 Å². The molecule has 2 rings (SSSR count). The summed E-state index contributed by atoms with van der Waals surface area (Å²) in [7, 11) is 1.55. The normalized spacial score (nSPS) is 11.8. The van der Waals surface area contributed by atoms with Crippen molar-refractivity contribution < 1.29 is 28.0 Å². The van der Waals surface area contributed by atoms with Crippen molar-refractivity contribution in [1.82, 2.24) is 4.90 Å². The molecule has 0 aliphatic carbocycles. The van der Waals surface area contributed by atoms with E-state index in [1.807, 2.05) is 0 Å². The number of nitro benzene ring substituents is 1. The molecule has 0 bridgehead atoms. The molecule has 0 saturated carbocycles. The van der Waals surface area contributed by atoms with Gasteiger partial charge in [0.25, 0.3) is 11.6 Å². The highest BCUT2D eigenvalue weighted by molar-refractivity contribution is 5.95. The van der Waals surface area contributed by atoms with Crippen molar-refractivity contribution in [3.63, 3.8) is 0 Å². The van der Waals surface area contributed by atoms with Crippen molar-refractivity contribution >= 4 is 11.6 Å². The number of alkyl halides is 2. The molecule has 0 N–H and O–H groups in total. The Morgan fingerprint density at radius 3 is 2.54 bits per heavy atom. The summed E-state index contributed by atoms with van der Waals surface area (Å²) >= 11 is 0. The number of nitro groups is 1. The lowest BCUT2D eigenvalue weighted by atomic mass is 10.1. The first kappa shape index (κ1) is 21.1. The standard InChI is InChI=1S/C19H20F2N2O5/c1-4-27-17-11-14(8-9-16(17)28-19(20)21)18(24)22(3)12(2)13-6-5-7-15(10-13)23(25)26/h5-12,19H,4H2,1-3H3/t12-/m1/s1. The minimum Gasteiger partial charge on any atom is -0.490 e. The third-order valence-corrected chi connectivity index (χ3v) is 4.17. The Hall–Kier alpha value is -3.23. The zero-order valence-corrected chi connectivity index (χ0v) is 15.6. The molecule has 9 heteroatoms. The Balaban J connectivity index is 2.27. The SMILES string of the molecule is CCOc1cc(C(=O)N(C)[C@H](C)c2cccc([N+](=O)[O-])c2)ccc1OC(F)F. The minimum atomic E-state index is -3.02. The van der Waals surface area contributed by atoms with Gasteiger partial charge >= 0.3 is 6.61 Å². The van der Waals surface area contributed by atoms with Gasteiger partial charge in [0.05, 0.1) is 17.6 Å². The zero-order chi connectivity index (χ0) is 20.8. The van der Waals surface area contributed by atoms with Gasteiger partial charge in [-0.05, 0) is 37.6 Å². The van der Waals surface area contributed by atoms with Gasteiger partial charge in [0.2, 0.25) is 0 Å². The Morgan fingerprint density at radius 1 is 1.21 bits per heavy atom. The second kappa shape index (κ2) is 9.12. The first-order valence-electron chi connectivity index (χ1n) is 8.47. The van der Waals surface area contributed by atoms with Crippen LogP contribution in [0.15, 0.2) is 42.5 Å². The summed E-state index contributed by atoms with van der Waals surface area (Å²) in [5.41, 5.74) is 0.731. The Bertz CT molecular complexity index is 860. The maximum Gasteiger partial charge on any atom is 0.387 e. The van der Waals surface area contributed by atoms with Crippen LogP contribution in [0.25, 0.3) is 0 Å². The molecule has 0 aliphatic heterocycles. The van der Waals surface area contributed by atoms with E-state index in [9.17, 15) is 23.7 Å².